The van der Waals surface area contributed by atoms with Gasteiger partial charge in [-0.25, -0.2) is 0 Å². The Labute approximate surface area is 196 Å². The van der Waals surface area contributed by atoms with Crippen molar-refractivity contribution < 1.29 is 9.59 Å². The predicted octanol–water partition coefficient (Wildman–Crippen LogP) is 6.52. The highest BCUT2D eigenvalue weighted by Crippen LogP contribution is 2.42. The second-order valence-corrected chi connectivity index (χ2v) is 9.89. The van der Waals surface area contributed by atoms with Crippen molar-refractivity contribution in [3.05, 3.63) is 95.6 Å². The van der Waals surface area contributed by atoms with Gasteiger partial charge in [0.2, 0.25) is 5.91 Å². The Hall–Kier alpha value is -3.40. The average Bonchev–Trinajstić information content (AvgIpc) is 2.79. The summed E-state index contributed by atoms with van der Waals surface area (Å²) in [5.74, 6) is -0.0197. The summed E-state index contributed by atoms with van der Waals surface area (Å²) in [7, 11) is 0. The standard InChI is InChI=1S/C29H32N2O2/c1-20-19-27(25-13-9-10-14-26(25)30(20)21(2)32)31(24-11-7-6-8-12-24)28(33)22-15-17-23(18-16-22)29(3,4)5/h6-18,20,27H,19H2,1-5H3/t20-,27+/m0/s1. The fraction of sp³-hybridized carbons (Fsp3) is 0.310. The maximum atomic E-state index is 14.0. The first-order valence-corrected chi connectivity index (χ1v) is 11.6. The van der Waals surface area contributed by atoms with Crippen LogP contribution in [0.25, 0.3) is 0 Å². The van der Waals surface area contributed by atoms with Crippen molar-refractivity contribution in [2.24, 2.45) is 0 Å². The van der Waals surface area contributed by atoms with Crippen molar-refractivity contribution in [1.82, 2.24) is 0 Å². The van der Waals surface area contributed by atoms with Crippen LogP contribution < -0.4 is 9.80 Å². The number of amides is 2. The molecule has 0 N–H and O–H groups in total. The van der Waals surface area contributed by atoms with Crippen LogP contribution in [0.3, 0.4) is 0 Å². The molecule has 0 aliphatic carbocycles. The maximum Gasteiger partial charge on any atom is 0.258 e. The van der Waals surface area contributed by atoms with E-state index < -0.39 is 0 Å². The topological polar surface area (TPSA) is 40.6 Å². The normalized spacial score (nSPS) is 17.9. The molecule has 0 bridgehead atoms. The fourth-order valence-electron chi connectivity index (χ4n) is 4.79. The minimum atomic E-state index is -0.177. The first-order valence-electron chi connectivity index (χ1n) is 11.6. The lowest BCUT2D eigenvalue weighted by Crippen LogP contribution is -2.47. The number of anilines is 2. The van der Waals surface area contributed by atoms with Crippen molar-refractivity contribution >= 4 is 23.2 Å². The molecule has 0 aromatic heterocycles. The summed E-state index contributed by atoms with van der Waals surface area (Å²) in [4.78, 5) is 30.2. The van der Waals surface area contributed by atoms with E-state index in [1.54, 1.807) is 6.92 Å². The summed E-state index contributed by atoms with van der Waals surface area (Å²) in [5, 5.41) is 0. The number of rotatable bonds is 3. The van der Waals surface area contributed by atoms with Crippen molar-refractivity contribution in [3.63, 3.8) is 0 Å². The van der Waals surface area contributed by atoms with E-state index in [2.05, 4.69) is 27.7 Å². The van der Waals surface area contributed by atoms with Crippen molar-refractivity contribution in [3.8, 4) is 0 Å². The van der Waals surface area contributed by atoms with Crippen LogP contribution in [0, 0.1) is 0 Å². The maximum absolute atomic E-state index is 14.0. The summed E-state index contributed by atoms with van der Waals surface area (Å²) in [6.45, 7) is 10.2. The molecular weight excluding hydrogens is 408 g/mol. The molecule has 0 spiro atoms. The lowest BCUT2D eigenvalue weighted by atomic mass is 9.86. The van der Waals surface area contributed by atoms with Gasteiger partial charge in [0.05, 0.1) is 6.04 Å². The van der Waals surface area contributed by atoms with Crippen LogP contribution in [0.15, 0.2) is 78.9 Å². The van der Waals surface area contributed by atoms with Crippen LogP contribution in [0.2, 0.25) is 0 Å². The molecule has 1 heterocycles. The third-order valence-corrected chi connectivity index (χ3v) is 6.46. The van der Waals surface area contributed by atoms with Crippen LogP contribution in [0.1, 0.15) is 68.6 Å². The molecule has 4 heteroatoms. The number of para-hydroxylation sites is 2. The molecule has 2 atom stereocenters. The third-order valence-electron chi connectivity index (χ3n) is 6.46. The van der Waals surface area contributed by atoms with Crippen LogP contribution in [-0.4, -0.2) is 17.9 Å². The molecule has 1 aliphatic heterocycles. The molecule has 3 aromatic rings. The zero-order valence-electron chi connectivity index (χ0n) is 20.1. The molecule has 0 fully saturated rings. The van der Waals surface area contributed by atoms with E-state index in [1.807, 2.05) is 88.7 Å². The monoisotopic (exact) mass is 440 g/mol. The Morgan fingerprint density at radius 2 is 1.48 bits per heavy atom. The Balaban J connectivity index is 1.81. The molecule has 170 valence electrons. The summed E-state index contributed by atoms with van der Waals surface area (Å²) >= 11 is 0. The number of nitrogens with zero attached hydrogens (tertiary/aromatic N) is 2. The summed E-state index contributed by atoms with van der Waals surface area (Å²) in [6.07, 6.45) is 0.664. The second kappa shape index (κ2) is 8.86. The van der Waals surface area contributed by atoms with Gasteiger partial charge in [0, 0.05) is 29.9 Å². The van der Waals surface area contributed by atoms with E-state index in [1.165, 1.54) is 5.56 Å². The molecular formula is C29H32N2O2. The average molecular weight is 441 g/mol. The van der Waals surface area contributed by atoms with E-state index in [0.717, 1.165) is 16.9 Å². The molecule has 4 nitrogen and oxygen atoms in total. The highest BCUT2D eigenvalue weighted by atomic mass is 16.2. The largest absolute Gasteiger partial charge is 0.309 e. The number of carbonyl (C=O) groups excluding carboxylic acids is 2. The van der Waals surface area contributed by atoms with Gasteiger partial charge >= 0.3 is 0 Å². The molecule has 0 unspecified atom stereocenters. The molecule has 0 radical (unpaired) electrons. The molecule has 0 saturated heterocycles. The first kappa shape index (κ1) is 22.8. The molecule has 4 rings (SSSR count). The van der Waals surface area contributed by atoms with Gasteiger partial charge in [0.1, 0.15) is 0 Å². The Morgan fingerprint density at radius 3 is 2.09 bits per heavy atom. The van der Waals surface area contributed by atoms with E-state index in [9.17, 15) is 9.59 Å². The smallest absolute Gasteiger partial charge is 0.258 e. The quantitative estimate of drug-likeness (QED) is 0.465. The zero-order chi connectivity index (χ0) is 23.8. The minimum Gasteiger partial charge on any atom is -0.309 e. The fourth-order valence-corrected chi connectivity index (χ4v) is 4.79. The number of benzene rings is 3. The van der Waals surface area contributed by atoms with Gasteiger partial charge < -0.3 is 9.80 Å². The van der Waals surface area contributed by atoms with Crippen LogP contribution in [0.4, 0.5) is 11.4 Å². The van der Waals surface area contributed by atoms with Crippen molar-refractivity contribution in [2.45, 2.75) is 58.5 Å². The van der Waals surface area contributed by atoms with Crippen molar-refractivity contribution in [1.29, 1.82) is 0 Å². The highest BCUT2D eigenvalue weighted by molar-refractivity contribution is 6.07. The molecule has 2 amide bonds. The molecule has 3 aromatic carbocycles. The van der Waals surface area contributed by atoms with Gasteiger partial charge in [0.15, 0.2) is 0 Å². The molecule has 33 heavy (non-hydrogen) atoms. The van der Waals surface area contributed by atoms with Crippen LogP contribution in [-0.2, 0) is 10.2 Å². The van der Waals surface area contributed by atoms with E-state index >= 15 is 0 Å². The van der Waals surface area contributed by atoms with Gasteiger partial charge in [-0.1, -0.05) is 69.3 Å². The second-order valence-electron chi connectivity index (χ2n) is 9.89. The number of hydrogen-bond donors (Lipinski definition) is 0. The highest BCUT2D eigenvalue weighted by Gasteiger charge is 2.38. The zero-order valence-corrected chi connectivity index (χ0v) is 20.1. The van der Waals surface area contributed by atoms with Gasteiger partial charge in [0.25, 0.3) is 5.91 Å². The number of hydrogen-bond acceptors (Lipinski definition) is 2. The Kier molecular flexibility index (Phi) is 6.11. The minimum absolute atomic E-state index is 0.0174. The van der Waals surface area contributed by atoms with E-state index in [0.29, 0.717) is 12.0 Å². The molecule has 0 saturated carbocycles. The number of carbonyl (C=O) groups is 2. The predicted molar refractivity (Wildman–Crippen MR) is 135 cm³/mol. The summed E-state index contributed by atoms with van der Waals surface area (Å²) in [6, 6.07) is 25.5. The van der Waals surface area contributed by atoms with Gasteiger partial charge in [-0.05, 0) is 60.2 Å². The third kappa shape index (κ3) is 4.43. The van der Waals surface area contributed by atoms with Gasteiger partial charge in [-0.15, -0.1) is 0 Å². The van der Waals surface area contributed by atoms with Crippen LogP contribution in [0.5, 0.6) is 0 Å². The van der Waals surface area contributed by atoms with Gasteiger partial charge in [-0.3, -0.25) is 9.59 Å². The van der Waals surface area contributed by atoms with E-state index in [-0.39, 0.29) is 29.3 Å². The van der Waals surface area contributed by atoms with Crippen LogP contribution >= 0.6 is 0 Å². The summed E-state index contributed by atoms with van der Waals surface area (Å²) < 4.78 is 0. The summed E-state index contributed by atoms with van der Waals surface area (Å²) in [5.41, 5.74) is 4.60. The number of fused-ring (bicyclic) bond motifs is 1. The SMILES string of the molecule is CC(=O)N1c2ccccc2[C@H](N(C(=O)c2ccc(C(C)(C)C)cc2)c2ccccc2)C[C@@H]1C. The Bertz CT molecular complexity index is 1150. The van der Waals surface area contributed by atoms with Gasteiger partial charge in [-0.2, -0.15) is 0 Å². The Morgan fingerprint density at radius 1 is 0.879 bits per heavy atom. The lowest BCUT2D eigenvalue weighted by Gasteiger charge is -2.43. The lowest BCUT2D eigenvalue weighted by molar-refractivity contribution is -0.117. The molecule has 1 aliphatic rings. The van der Waals surface area contributed by atoms with Crippen molar-refractivity contribution in [2.75, 3.05) is 9.80 Å². The first-order chi connectivity index (χ1) is 15.7. The van der Waals surface area contributed by atoms with E-state index in [4.69, 9.17) is 0 Å².